The van der Waals surface area contributed by atoms with Crippen LogP contribution in [0.2, 0.25) is 0 Å². The van der Waals surface area contributed by atoms with Crippen LogP contribution in [0.15, 0.2) is 60.3 Å². The Morgan fingerprint density at radius 1 is 1.09 bits per heavy atom. The lowest BCUT2D eigenvalue weighted by atomic mass is 10.1. The molecule has 8 heteroatoms. The molecule has 0 saturated heterocycles. The van der Waals surface area contributed by atoms with Crippen LogP contribution in [0.4, 0.5) is 5.69 Å². The molecule has 1 aromatic heterocycles. The molecule has 0 aliphatic carbocycles. The predicted molar refractivity (Wildman–Crippen MR) is 133 cm³/mol. The van der Waals surface area contributed by atoms with E-state index in [1.54, 1.807) is 18.2 Å². The van der Waals surface area contributed by atoms with Gasteiger partial charge >= 0.3 is 0 Å². The Morgan fingerprint density at radius 3 is 2.48 bits per heavy atom. The maximum absolute atomic E-state index is 12.6. The molecule has 2 aromatic carbocycles. The second kappa shape index (κ2) is 11.0. The number of hydrogen-bond acceptors (Lipinski definition) is 5. The zero-order valence-electron chi connectivity index (χ0n) is 19.4. The fourth-order valence-electron chi connectivity index (χ4n) is 3.22. The van der Waals surface area contributed by atoms with Crippen LogP contribution in [-0.2, 0) is 11.3 Å². The number of aryl methyl sites for hydroxylation is 3. The topological polar surface area (TPSA) is 88.9 Å². The van der Waals surface area contributed by atoms with Crippen LogP contribution in [-0.4, -0.2) is 32.3 Å². The Morgan fingerprint density at radius 2 is 1.82 bits per heavy atom. The molecular weight excluding hydrogens is 434 g/mol. The van der Waals surface area contributed by atoms with Crippen molar-refractivity contribution in [1.82, 2.24) is 20.1 Å². The van der Waals surface area contributed by atoms with Crippen LogP contribution < -0.4 is 10.6 Å². The smallest absolute Gasteiger partial charge is 0.251 e. The average molecular weight is 464 g/mol. The molecule has 1 atom stereocenters. The molecule has 0 saturated carbocycles. The number of hydrogen-bond donors (Lipinski definition) is 2. The number of aromatic nitrogens is 3. The lowest BCUT2D eigenvalue weighted by molar-refractivity contribution is -0.113. The average Bonchev–Trinajstić information content (AvgIpc) is 3.18. The van der Waals surface area contributed by atoms with Gasteiger partial charge in [-0.3, -0.25) is 9.59 Å². The molecule has 172 valence electrons. The molecule has 0 fully saturated rings. The maximum Gasteiger partial charge on any atom is 0.251 e. The van der Waals surface area contributed by atoms with Gasteiger partial charge in [0.2, 0.25) is 5.91 Å². The minimum Gasteiger partial charge on any atom is -0.342 e. The maximum atomic E-state index is 12.6. The van der Waals surface area contributed by atoms with E-state index in [1.807, 2.05) is 62.6 Å². The molecule has 2 N–H and O–H groups in total. The van der Waals surface area contributed by atoms with E-state index in [2.05, 4.69) is 27.4 Å². The molecule has 1 heterocycles. The third-order valence-electron chi connectivity index (χ3n) is 5.23. The van der Waals surface area contributed by atoms with E-state index in [0.717, 1.165) is 16.8 Å². The first-order valence-corrected chi connectivity index (χ1v) is 11.7. The fourth-order valence-corrected chi connectivity index (χ4v) is 3.98. The highest BCUT2D eigenvalue weighted by molar-refractivity contribution is 7.99. The number of nitrogens with zero attached hydrogens (tertiary/aromatic N) is 3. The van der Waals surface area contributed by atoms with Gasteiger partial charge in [-0.05, 0) is 63.1 Å². The zero-order chi connectivity index (χ0) is 24.0. The van der Waals surface area contributed by atoms with Crippen molar-refractivity contribution in [3.05, 3.63) is 83.2 Å². The molecule has 0 aliphatic rings. The quantitative estimate of drug-likeness (QED) is 0.357. The number of nitrogens with one attached hydrogen (secondary N) is 2. The van der Waals surface area contributed by atoms with Crippen molar-refractivity contribution in [3.8, 4) is 0 Å². The van der Waals surface area contributed by atoms with Crippen molar-refractivity contribution >= 4 is 29.3 Å². The van der Waals surface area contributed by atoms with Crippen LogP contribution in [0.25, 0.3) is 0 Å². The molecule has 33 heavy (non-hydrogen) atoms. The van der Waals surface area contributed by atoms with E-state index in [0.29, 0.717) is 23.1 Å². The van der Waals surface area contributed by atoms with Gasteiger partial charge in [-0.15, -0.1) is 16.8 Å². The molecule has 7 nitrogen and oxygen atoms in total. The number of thioether (sulfide) groups is 1. The van der Waals surface area contributed by atoms with E-state index in [9.17, 15) is 9.59 Å². The van der Waals surface area contributed by atoms with Crippen LogP contribution in [0, 0.1) is 20.8 Å². The largest absolute Gasteiger partial charge is 0.342 e. The summed E-state index contributed by atoms with van der Waals surface area (Å²) in [4.78, 5) is 25.1. The first kappa shape index (κ1) is 24.3. The number of amides is 2. The van der Waals surface area contributed by atoms with Gasteiger partial charge in [0.15, 0.2) is 11.0 Å². The Hall–Kier alpha value is -3.39. The number of rotatable bonds is 9. The standard InChI is InChI=1S/C25H29N5O2S/c1-6-13-30-23(19(5)26-24(32)20-10-7-16(2)8-11-20)28-29-25(30)33-15-22(31)27-21-12-9-17(3)18(4)14-21/h6-12,14,19H,1,13,15H2,2-5H3,(H,26,32)(H,27,31)/t19-/m1/s1. The molecule has 0 aliphatic heterocycles. The predicted octanol–water partition coefficient (Wildman–Crippen LogP) is 4.61. The first-order chi connectivity index (χ1) is 15.8. The Bertz CT molecular complexity index is 1150. The van der Waals surface area contributed by atoms with Gasteiger partial charge in [-0.1, -0.05) is 41.6 Å². The number of carbonyl (C=O) groups excluding carboxylic acids is 2. The van der Waals surface area contributed by atoms with Crippen LogP contribution >= 0.6 is 11.8 Å². The van der Waals surface area contributed by atoms with E-state index in [4.69, 9.17) is 0 Å². The summed E-state index contributed by atoms with van der Waals surface area (Å²) in [7, 11) is 0. The summed E-state index contributed by atoms with van der Waals surface area (Å²) in [6, 6.07) is 12.8. The highest BCUT2D eigenvalue weighted by Gasteiger charge is 2.20. The minimum atomic E-state index is -0.370. The Balaban J connectivity index is 1.65. The summed E-state index contributed by atoms with van der Waals surface area (Å²) in [6.07, 6.45) is 1.74. The van der Waals surface area contributed by atoms with Crippen molar-refractivity contribution in [2.24, 2.45) is 0 Å². The van der Waals surface area contributed by atoms with E-state index < -0.39 is 0 Å². The van der Waals surface area contributed by atoms with Gasteiger partial charge in [0.1, 0.15) is 0 Å². The van der Waals surface area contributed by atoms with Gasteiger partial charge in [0.05, 0.1) is 11.8 Å². The third kappa shape index (κ3) is 6.32. The number of allylic oxidation sites excluding steroid dienone is 1. The zero-order valence-corrected chi connectivity index (χ0v) is 20.2. The van der Waals surface area contributed by atoms with Gasteiger partial charge in [-0.25, -0.2) is 0 Å². The van der Waals surface area contributed by atoms with Gasteiger partial charge in [0.25, 0.3) is 5.91 Å². The molecular formula is C25H29N5O2S. The van der Waals surface area contributed by atoms with E-state index >= 15 is 0 Å². The van der Waals surface area contributed by atoms with Gasteiger partial charge in [-0.2, -0.15) is 0 Å². The lowest BCUT2D eigenvalue weighted by Crippen LogP contribution is -2.28. The molecule has 0 spiro atoms. The second-order valence-electron chi connectivity index (χ2n) is 7.94. The molecule has 3 aromatic rings. The van der Waals surface area contributed by atoms with Crippen molar-refractivity contribution in [1.29, 1.82) is 0 Å². The molecule has 0 bridgehead atoms. The van der Waals surface area contributed by atoms with Crippen LogP contribution in [0.1, 0.15) is 45.8 Å². The Kier molecular flexibility index (Phi) is 8.06. The molecule has 0 radical (unpaired) electrons. The van der Waals surface area contributed by atoms with Gasteiger partial charge in [0, 0.05) is 17.8 Å². The lowest BCUT2D eigenvalue weighted by Gasteiger charge is -2.15. The minimum absolute atomic E-state index is 0.126. The molecule has 3 rings (SSSR count). The van der Waals surface area contributed by atoms with Crippen LogP contribution in [0.5, 0.6) is 0 Å². The van der Waals surface area contributed by atoms with Crippen molar-refractivity contribution < 1.29 is 9.59 Å². The molecule has 2 amide bonds. The summed E-state index contributed by atoms with van der Waals surface area (Å²) < 4.78 is 1.86. The summed E-state index contributed by atoms with van der Waals surface area (Å²) in [5.74, 6) is 0.482. The van der Waals surface area contributed by atoms with Crippen molar-refractivity contribution in [2.75, 3.05) is 11.1 Å². The fraction of sp³-hybridized carbons (Fsp3) is 0.280. The number of anilines is 1. The highest BCUT2D eigenvalue weighted by atomic mass is 32.2. The summed E-state index contributed by atoms with van der Waals surface area (Å²) >= 11 is 1.29. The SMILES string of the molecule is C=CCn1c(SCC(=O)Nc2ccc(C)c(C)c2)nnc1[C@@H](C)NC(=O)c1ccc(C)cc1. The summed E-state index contributed by atoms with van der Waals surface area (Å²) in [5.41, 5.74) is 4.74. The van der Waals surface area contributed by atoms with E-state index in [1.165, 1.54) is 17.3 Å². The summed E-state index contributed by atoms with van der Waals surface area (Å²) in [5, 5.41) is 15.0. The Labute approximate surface area is 198 Å². The first-order valence-electron chi connectivity index (χ1n) is 10.7. The summed E-state index contributed by atoms with van der Waals surface area (Å²) in [6.45, 7) is 12.2. The monoisotopic (exact) mass is 463 g/mol. The van der Waals surface area contributed by atoms with E-state index in [-0.39, 0.29) is 23.6 Å². The highest BCUT2D eigenvalue weighted by Crippen LogP contribution is 2.22. The van der Waals surface area contributed by atoms with Gasteiger partial charge < -0.3 is 15.2 Å². The number of benzene rings is 2. The third-order valence-corrected chi connectivity index (χ3v) is 6.20. The van der Waals surface area contributed by atoms with Crippen LogP contribution in [0.3, 0.4) is 0 Å². The number of carbonyl (C=O) groups is 2. The van der Waals surface area contributed by atoms with Crippen molar-refractivity contribution in [2.45, 2.75) is 45.4 Å². The van der Waals surface area contributed by atoms with Crippen molar-refractivity contribution in [3.63, 3.8) is 0 Å². The normalized spacial score (nSPS) is 11.6. The molecule has 0 unspecified atom stereocenters. The second-order valence-corrected chi connectivity index (χ2v) is 8.88.